The maximum atomic E-state index is 9.80. The first-order valence-corrected chi connectivity index (χ1v) is 7.67. The highest BCUT2D eigenvalue weighted by Gasteiger charge is 2.20. The molecule has 0 aromatic carbocycles. The minimum absolute atomic E-state index is 0.430. The lowest BCUT2D eigenvalue weighted by atomic mass is 10.1. The molecule has 2 rings (SSSR count). The molecule has 0 radical (unpaired) electrons. The van der Waals surface area contributed by atoms with Crippen LogP contribution in [0.5, 0.6) is 0 Å². The molecule has 0 amide bonds. The Balaban J connectivity index is 2.14. The Hall–Kier alpha value is -1.09. The number of nitrogens with zero attached hydrogens (tertiary/aromatic N) is 2. The monoisotopic (exact) mass is 262 g/mol. The van der Waals surface area contributed by atoms with Crippen molar-refractivity contribution in [3.8, 4) is 0 Å². The van der Waals surface area contributed by atoms with Gasteiger partial charge in [0.2, 0.25) is 0 Å². The van der Waals surface area contributed by atoms with E-state index in [1.807, 2.05) is 19.2 Å². The van der Waals surface area contributed by atoms with Crippen LogP contribution in [0.15, 0.2) is 18.3 Å². The first kappa shape index (κ1) is 14.3. The van der Waals surface area contributed by atoms with E-state index in [9.17, 15) is 5.11 Å². The summed E-state index contributed by atoms with van der Waals surface area (Å²) >= 11 is 0. The number of pyridine rings is 1. The first-order valence-electron chi connectivity index (χ1n) is 7.67. The summed E-state index contributed by atoms with van der Waals surface area (Å²) in [5.41, 5.74) is 2.00. The molecule has 106 valence electrons. The Labute approximate surface area is 116 Å². The summed E-state index contributed by atoms with van der Waals surface area (Å²) < 4.78 is 0. The molecule has 3 heteroatoms. The minimum atomic E-state index is -0.430. The molecule has 0 aliphatic carbocycles. The van der Waals surface area contributed by atoms with Crippen molar-refractivity contribution in [3.63, 3.8) is 0 Å². The van der Waals surface area contributed by atoms with Gasteiger partial charge in [0.15, 0.2) is 0 Å². The molecule has 0 saturated carbocycles. The molecule has 3 nitrogen and oxygen atoms in total. The van der Waals surface area contributed by atoms with E-state index < -0.39 is 6.10 Å². The van der Waals surface area contributed by atoms with Gasteiger partial charge in [-0.25, -0.2) is 0 Å². The summed E-state index contributed by atoms with van der Waals surface area (Å²) in [6.45, 7) is 5.38. The lowest BCUT2D eigenvalue weighted by molar-refractivity contribution is 0.169. The summed E-state index contributed by atoms with van der Waals surface area (Å²) in [5, 5.41) is 9.80. The van der Waals surface area contributed by atoms with Crippen LogP contribution >= 0.6 is 0 Å². The highest BCUT2D eigenvalue weighted by atomic mass is 16.3. The van der Waals surface area contributed by atoms with Crippen LogP contribution in [0.25, 0.3) is 0 Å². The molecule has 1 aliphatic rings. The molecule has 1 aromatic rings. The molecule has 1 fully saturated rings. The number of anilines is 1. The van der Waals surface area contributed by atoms with Gasteiger partial charge in [-0.1, -0.05) is 26.7 Å². The molecule has 19 heavy (non-hydrogen) atoms. The van der Waals surface area contributed by atoms with Crippen molar-refractivity contribution in [2.24, 2.45) is 0 Å². The fourth-order valence-electron chi connectivity index (χ4n) is 2.92. The Morgan fingerprint density at radius 3 is 2.79 bits per heavy atom. The Bertz CT molecular complexity index is 377. The van der Waals surface area contributed by atoms with Gasteiger partial charge in [-0.2, -0.15) is 0 Å². The Kier molecular flexibility index (Phi) is 5.20. The maximum absolute atomic E-state index is 9.80. The standard InChI is InChI=1S/C16H26N2O/c1-3-13-8-6-5-7-11-18(13)14-9-10-15(17-12-14)16(19)4-2/h9-10,12-13,16,19H,3-8,11H2,1-2H3/t13?,16-/m0/s1. The van der Waals surface area contributed by atoms with E-state index in [-0.39, 0.29) is 0 Å². The number of aliphatic hydroxyl groups is 1. The molecular weight excluding hydrogens is 236 g/mol. The minimum Gasteiger partial charge on any atom is -0.387 e. The van der Waals surface area contributed by atoms with Gasteiger partial charge >= 0.3 is 0 Å². The van der Waals surface area contributed by atoms with Gasteiger partial charge in [0, 0.05) is 12.6 Å². The van der Waals surface area contributed by atoms with E-state index in [0.29, 0.717) is 12.5 Å². The first-order chi connectivity index (χ1) is 9.26. The summed E-state index contributed by atoms with van der Waals surface area (Å²) in [6, 6.07) is 4.74. The van der Waals surface area contributed by atoms with Crippen molar-refractivity contribution in [1.82, 2.24) is 4.98 Å². The number of hydrogen-bond donors (Lipinski definition) is 1. The zero-order valence-corrected chi connectivity index (χ0v) is 12.2. The molecule has 1 aromatic heterocycles. The van der Waals surface area contributed by atoms with Crippen molar-refractivity contribution in [1.29, 1.82) is 0 Å². The number of aromatic nitrogens is 1. The molecule has 1 saturated heterocycles. The quantitative estimate of drug-likeness (QED) is 0.899. The van der Waals surface area contributed by atoms with Crippen molar-refractivity contribution in [3.05, 3.63) is 24.0 Å². The fraction of sp³-hybridized carbons (Fsp3) is 0.688. The lowest BCUT2D eigenvalue weighted by Crippen LogP contribution is -2.34. The fourth-order valence-corrected chi connectivity index (χ4v) is 2.92. The van der Waals surface area contributed by atoms with E-state index in [4.69, 9.17) is 0 Å². The molecule has 0 spiro atoms. The van der Waals surface area contributed by atoms with E-state index in [0.717, 1.165) is 12.2 Å². The number of rotatable bonds is 4. The van der Waals surface area contributed by atoms with Gasteiger partial charge in [0.25, 0.3) is 0 Å². The van der Waals surface area contributed by atoms with Crippen LogP contribution in [0.4, 0.5) is 5.69 Å². The predicted molar refractivity (Wildman–Crippen MR) is 79.4 cm³/mol. The van der Waals surface area contributed by atoms with Crippen molar-refractivity contribution in [2.75, 3.05) is 11.4 Å². The Morgan fingerprint density at radius 1 is 1.32 bits per heavy atom. The van der Waals surface area contributed by atoms with Crippen molar-refractivity contribution in [2.45, 2.75) is 64.5 Å². The molecule has 1 N–H and O–H groups in total. The lowest BCUT2D eigenvalue weighted by Gasteiger charge is -2.31. The normalized spacial score (nSPS) is 22.1. The van der Waals surface area contributed by atoms with E-state index in [2.05, 4.69) is 22.9 Å². The highest BCUT2D eigenvalue weighted by molar-refractivity contribution is 5.46. The molecule has 2 atom stereocenters. The van der Waals surface area contributed by atoms with Crippen LogP contribution < -0.4 is 4.90 Å². The van der Waals surface area contributed by atoms with Gasteiger partial charge in [-0.15, -0.1) is 0 Å². The van der Waals surface area contributed by atoms with E-state index in [1.165, 1.54) is 37.8 Å². The maximum Gasteiger partial charge on any atom is 0.0957 e. The second kappa shape index (κ2) is 6.90. The third kappa shape index (κ3) is 3.47. The average molecular weight is 262 g/mol. The molecule has 0 bridgehead atoms. The topological polar surface area (TPSA) is 36.4 Å². The zero-order valence-electron chi connectivity index (χ0n) is 12.2. The largest absolute Gasteiger partial charge is 0.387 e. The number of aliphatic hydroxyl groups excluding tert-OH is 1. The zero-order chi connectivity index (χ0) is 13.7. The van der Waals surface area contributed by atoms with Crippen LogP contribution in [-0.4, -0.2) is 22.7 Å². The number of hydrogen-bond acceptors (Lipinski definition) is 3. The SMILES string of the molecule is CCC1CCCCCN1c1ccc([C@@H](O)CC)nc1. The third-order valence-corrected chi connectivity index (χ3v) is 4.18. The molecule has 2 heterocycles. The second-order valence-corrected chi connectivity index (χ2v) is 5.47. The van der Waals surface area contributed by atoms with Gasteiger partial charge in [-0.3, -0.25) is 4.98 Å². The van der Waals surface area contributed by atoms with Gasteiger partial charge in [0.05, 0.1) is 23.7 Å². The van der Waals surface area contributed by atoms with Crippen LogP contribution in [-0.2, 0) is 0 Å². The summed E-state index contributed by atoms with van der Waals surface area (Å²) in [5.74, 6) is 0. The van der Waals surface area contributed by atoms with Crippen LogP contribution in [0.1, 0.15) is 64.2 Å². The van der Waals surface area contributed by atoms with E-state index >= 15 is 0 Å². The Morgan fingerprint density at radius 2 is 2.16 bits per heavy atom. The molecular formula is C16H26N2O. The molecule has 1 unspecified atom stereocenters. The second-order valence-electron chi connectivity index (χ2n) is 5.47. The molecule has 1 aliphatic heterocycles. The average Bonchev–Trinajstić information content (AvgIpc) is 2.71. The smallest absolute Gasteiger partial charge is 0.0957 e. The predicted octanol–water partition coefficient (Wildman–Crippen LogP) is 3.68. The van der Waals surface area contributed by atoms with Crippen molar-refractivity contribution >= 4 is 5.69 Å². The summed E-state index contributed by atoms with van der Waals surface area (Å²) in [4.78, 5) is 6.93. The van der Waals surface area contributed by atoms with Crippen LogP contribution in [0.2, 0.25) is 0 Å². The van der Waals surface area contributed by atoms with Gasteiger partial charge < -0.3 is 10.0 Å². The van der Waals surface area contributed by atoms with Crippen molar-refractivity contribution < 1.29 is 5.11 Å². The van der Waals surface area contributed by atoms with Gasteiger partial charge in [-0.05, 0) is 37.8 Å². The summed E-state index contributed by atoms with van der Waals surface area (Å²) in [7, 11) is 0. The van der Waals surface area contributed by atoms with E-state index in [1.54, 1.807) is 0 Å². The summed E-state index contributed by atoms with van der Waals surface area (Å²) in [6.07, 6.45) is 8.66. The third-order valence-electron chi connectivity index (χ3n) is 4.18. The highest BCUT2D eigenvalue weighted by Crippen LogP contribution is 2.26. The van der Waals surface area contributed by atoms with Crippen LogP contribution in [0.3, 0.4) is 0 Å². The van der Waals surface area contributed by atoms with Crippen LogP contribution in [0, 0.1) is 0 Å². The van der Waals surface area contributed by atoms with Gasteiger partial charge in [0.1, 0.15) is 0 Å².